The van der Waals surface area contributed by atoms with Crippen LogP contribution in [-0.2, 0) is 6.42 Å². The molecule has 2 unspecified atom stereocenters. The van der Waals surface area contributed by atoms with Crippen LogP contribution in [0.25, 0.3) is 0 Å². The van der Waals surface area contributed by atoms with Crippen LogP contribution >= 0.6 is 0 Å². The van der Waals surface area contributed by atoms with Crippen molar-refractivity contribution in [2.24, 2.45) is 0 Å². The Hall–Kier alpha value is -2.81. The molecule has 0 radical (unpaired) electrons. The van der Waals surface area contributed by atoms with Crippen LogP contribution in [0.3, 0.4) is 0 Å². The molecule has 0 saturated carbocycles. The highest BCUT2D eigenvalue weighted by Gasteiger charge is 2.22. The Morgan fingerprint density at radius 1 is 0.889 bits per heavy atom. The number of rotatable bonds is 7. The molecule has 2 atom stereocenters. The Morgan fingerprint density at radius 2 is 1.48 bits per heavy atom. The lowest BCUT2D eigenvalue weighted by Gasteiger charge is -2.18. The summed E-state index contributed by atoms with van der Waals surface area (Å²) in [5.74, 6) is 0.628. The second-order valence-corrected chi connectivity index (χ2v) is 6.89. The summed E-state index contributed by atoms with van der Waals surface area (Å²) >= 11 is 0. The van der Waals surface area contributed by atoms with Gasteiger partial charge >= 0.3 is 5.63 Å². The molecular formula is C24H26O3. The smallest absolute Gasteiger partial charge is 0.343 e. The summed E-state index contributed by atoms with van der Waals surface area (Å²) in [5.41, 5.74) is 2.12. The molecule has 140 valence electrons. The molecule has 0 fully saturated rings. The van der Waals surface area contributed by atoms with E-state index in [0.717, 1.165) is 12.0 Å². The van der Waals surface area contributed by atoms with Crippen LogP contribution in [0.1, 0.15) is 61.0 Å². The van der Waals surface area contributed by atoms with Crippen molar-refractivity contribution in [3.63, 3.8) is 0 Å². The van der Waals surface area contributed by atoms with Crippen molar-refractivity contribution in [3.05, 3.63) is 99.6 Å². The maximum Gasteiger partial charge on any atom is 0.343 e. The second kappa shape index (κ2) is 8.72. The van der Waals surface area contributed by atoms with Gasteiger partial charge in [0, 0.05) is 18.4 Å². The van der Waals surface area contributed by atoms with Gasteiger partial charge in [-0.15, -0.1) is 0 Å². The molecule has 0 amide bonds. The molecular weight excluding hydrogens is 336 g/mol. The van der Waals surface area contributed by atoms with Crippen molar-refractivity contribution in [3.8, 4) is 5.75 Å². The Kier molecular flexibility index (Phi) is 6.12. The lowest BCUT2D eigenvalue weighted by Crippen LogP contribution is -2.15. The van der Waals surface area contributed by atoms with Crippen molar-refractivity contribution in [1.82, 2.24) is 0 Å². The molecule has 0 aliphatic heterocycles. The average Bonchev–Trinajstić information content (AvgIpc) is 2.70. The zero-order chi connectivity index (χ0) is 19.2. The minimum Gasteiger partial charge on any atom is -0.507 e. The standard InChI is InChI=1S/C24H26O3/c1-3-17(18-11-7-5-8-12-18)15-20-16-22(25)23(24(26)27-20)21(4-2)19-13-9-6-10-14-19/h5-14,16-17,21,25H,3-4,15H2,1-2H3. The van der Waals surface area contributed by atoms with Crippen LogP contribution in [0.4, 0.5) is 0 Å². The number of benzene rings is 2. The van der Waals surface area contributed by atoms with E-state index >= 15 is 0 Å². The lowest BCUT2D eigenvalue weighted by atomic mass is 9.88. The number of hydrogen-bond acceptors (Lipinski definition) is 3. The highest BCUT2D eigenvalue weighted by atomic mass is 16.4. The molecule has 0 spiro atoms. The highest BCUT2D eigenvalue weighted by molar-refractivity contribution is 5.40. The van der Waals surface area contributed by atoms with Crippen molar-refractivity contribution in [2.75, 3.05) is 0 Å². The van der Waals surface area contributed by atoms with E-state index in [1.54, 1.807) is 6.07 Å². The SMILES string of the molecule is CCC(Cc1cc(O)c(C(CC)c2ccccc2)c(=O)o1)c1ccccc1. The first-order chi connectivity index (χ1) is 13.1. The molecule has 3 rings (SSSR count). The summed E-state index contributed by atoms with van der Waals surface area (Å²) in [4.78, 5) is 12.7. The molecule has 0 saturated heterocycles. The lowest BCUT2D eigenvalue weighted by molar-refractivity contribution is 0.397. The first-order valence-electron chi connectivity index (χ1n) is 9.59. The Balaban J connectivity index is 1.92. The van der Waals surface area contributed by atoms with Crippen molar-refractivity contribution in [1.29, 1.82) is 0 Å². The van der Waals surface area contributed by atoms with E-state index in [-0.39, 0.29) is 17.6 Å². The van der Waals surface area contributed by atoms with Gasteiger partial charge in [0.05, 0.1) is 5.56 Å². The fraction of sp³-hybridized carbons (Fsp3) is 0.292. The van der Waals surface area contributed by atoms with Gasteiger partial charge in [0.1, 0.15) is 11.5 Å². The van der Waals surface area contributed by atoms with E-state index in [0.29, 0.717) is 24.2 Å². The van der Waals surface area contributed by atoms with Gasteiger partial charge in [-0.1, -0.05) is 74.5 Å². The normalized spacial score (nSPS) is 13.3. The zero-order valence-electron chi connectivity index (χ0n) is 15.9. The molecule has 0 bridgehead atoms. The fourth-order valence-electron chi connectivity index (χ4n) is 3.72. The molecule has 1 aromatic heterocycles. The van der Waals surface area contributed by atoms with Gasteiger partial charge in [-0.3, -0.25) is 0 Å². The van der Waals surface area contributed by atoms with Gasteiger partial charge < -0.3 is 9.52 Å². The van der Waals surface area contributed by atoms with E-state index < -0.39 is 5.63 Å². The molecule has 1 heterocycles. The van der Waals surface area contributed by atoms with Crippen LogP contribution in [0, 0.1) is 0 Å². The van der Waals surface area contributed by atoms with Crippen LogP contribution in [0.15, 0.2) is 75.9 Å². The molecule has 3 aromatic rings. The van der Waals surface area contributed by atoms with E-state index in [9.17, 15) is 9.90 Å². The van der Waals surface area contributed by atoms with Crippen LogP contribution < -0.4 is 5.63 Å². The largest absolute Gasteiger partial charge is 0.507 e. The second-order valence-electron chi connectivity index (χ2n) is 6.89. The predicted octanol–water partition coefficient (Wildman–Crippen LogP) is 5.62. The van der Waals surface area contributed by atoms with E-state index in [1.165, 1.54) is 5.56 Å². The highest BCUT2D eigenvalue weighted by Crippen LogP contribution is 2.33. The monoisotopic (exact) mass is 362 g/mol. The van der Waals surface area contributed by atoms with Crippen molar-refractivity contribution < 1.29 is 9.52 Å². The number of aromatic hydroxyl groups is 1. The predicted molar refractivity (Wildman–Crippen MR) is 108 cm³/mol. The fourth-order valence-corrected chi connectivity index (χ4v) is 3.72. The zero-order valence-corrected chi connectivity index (χ0v) is 15.9. The van der Waals surface area contributed by atoms with E-state index in [2.05, 4.69) is 19.1 Å². The third-order valence-corrected chi connectivity index (χ3v) is 5.19. The minimum atomic E-state index is -0.441. The van der Waals surface area contributed by atoms with Gasteiger partial charge in [0.15, 0.2) is 0 Å². The maximum absolute atomic E-state index is 12.7. The molecule has 2 aromatic carbocycles. The van der Waals surface area contributed by atoms with Crippen LogP contribution in [-0.4, -0.2) is 5.11 Å². The summed E-state index contributed by atoms with van der Waals surface area (Å²) in [5, 5.41) is 10.6. The van der Waals surface area contributed by atoms with Crippen molar-refractivity contribution in [2.45, 2.75) is 44.9 Å². The minimum absolute atomic E-state index is 0.0277. The molecule has 3 nitrogen and oxygen atoms in total. The maximum atomic E-state index is 12.7. The van der Waals surface area contributed by atoms with Crippen molar-refractivity contribution >= 4 is 0 Å². The molecule has 0 aliphatic carbocycles. The first kappa shape index (κ1) is 19.0. The average molecular weight is 362 g/mol. The quantitative estimate of drug-likeness (QED) is 0.593. The number of hydrogen-bond donors (Lipinski definition) is 1. The molecule has 27 heavy (non-hydrogen) atoms. The third-order valence-electron chi connectivity index (χ3n) is 5.19. The van der Waals surface area contributed by atoms with Gasteiger partial charge in [-0.2, -0.15) is 0 Å². The summed E-state index contributed by atoms with van der Waals surface area (Å²) in [6, 6.07) is 21.6. The summed E-state index contributed by atoms with van der Waals surface area (Å²) in [7, 11) is 0. The van der Waals surface area contributed by atoms with Gasteiger partial charge in [0.2, 0.25) is 0 Å². The first-order valence-corrected chi connectivity index (χ1v) is 9.59. The summed E-state index contributed by atoms with van der Waals surface area (Å²) in [6.07, 6.45) is 2.23. The Morgan fingerprint density at radius 3 is 2.00 bits per heavy atom. The Bertz CT molecular complexity index is 913. The Labute approximate surface area is 160 Å². The van der Waals surface area contributed by atoms with Gasteiger partial charge in [-0.05, 0) is 29.9 Å². The molecule has 3 heteroatoms. The molecule has 0 aliphatic rings. The summed E-state index contributed by atoms with van der Waals surface area (Å²) < 4.78 is 5.63. The van der Waals surface area contributed by atoms with E-state index in [4.69, 9.17) is 4.42 Å². The molecule has 1 N–H and O–H groups in total. The van der Waals surface area contributed by atoms with Crippen LogP contribution in [0.5, 0.6) is 5.75 Å². The van der Waals surface area contributed by atoms with Crippen LogP contribution in [0.2, 0.25) is 0 Å². The van der Waals surface area contributed by atoms with Gasteiger partial charge in [0.25, 0.3) is 0 Å². The third kappa shape index (κ3) is 4.30. The topological polar surface area (TPSA) is 50.4 Å². The van der Waals surface area contributed by atoms with Gasteiger partial charge in [-0.25, -0.2) is 4.79 Å². The summed E-state index contributed by atoms with van der Waals surface area (Å²) in [6.45, 7) is 4.12. The van der Waals surface area contributed by atoms with E-state index in [1.807, 2.05) is 55.5 Å².